The first-order valence-corrected chi connectivity index (χ1v) is 7.03. The normalized spacial score (nSPS) is 10.0. The minimum atomic E-state index is -0.166. The fourth-order valence-electron chi connectivity index (χ4n) is 2.19. The van der Waals surface area contributed by atoms with E-state index in [2.05, 4.69) is 11.1 Å². The summed E-state index contributed by atoms with van der Waals surface area (Å²) in [7, 11) is 0. The molecule has 2 rings (SSSR count). The van der Waals surface area contributed by atoms with E-state index in [0.717, 1.165) is 11.1 Å². The third-order valence-electron chi connectivity index (χ3n) is 3.43. The summed E-state index contributed by atoms with van der Waals surface area (Å²) in [5, 5.41) is 8.81. The van der Waals surface area contributed by atoms with Crippen molar-refractivity contribution in [1.29, 1.82) is 5.26 Å². The number of para-hydroxylation sites is 1. The van der Waals surface area contributed by atoms with E-state index in [1.54, 1.807) is 23.4 Å². The van der Waals surface area contributed by atoms with Crippen molar-refractivity contribution >= 4 is 11.6 Å². The second-order valence-corrected chi connectivity index (χ2v) is 5.03. The average molecular weight is 294 g/mol. The summed E-state index contributed by atoms with van der Waals surface area (Å²) < 4.78 is 0. The highest BCUT2D eigenvalue weighted by Crippen LogP contribution is 2.19. The first kappa shape index (κ1) is 15.5. The van der Waals surface area contributed by atoms with Crippen LogP contribution in [0.3, 0.4) is 0 Å². The lowest BCUT2D eigenvalue weighted by atomic mass is 10.1. The van der Waals surface area contributed by atoms with Crippen LogP contribution in [-0.4, -0.2) is 22.3 Å². The number of amides is 1. The fraction of sp³-hybridized carbons (Fsp3) is 0.235. The largest absolute Gasteiger partial charge is 0.398 e. The first-order chi connectivity index (χ1) is 10.6. The molecule has 0 bridgehead atoms. The standard InChI is InChI=1S/C17H18N4O/c1-13-5-2-7-15(16(13)19)17(22)21(10-4-8-18)12-14-6-3-9-20-11-14/h2-3,5-7,9,11H,4,10,12,19H2,1H3. The molecule has 0 fully saturated rings. The van der Waals surface area contributed by atoms with Crippen LogP contribution in [0.2, 0.25) is 0 Å². The molecule has 0 aliphatic rings. The van der Waals surface area contributed by atoms with E-state index in [4.69, 9.17) is 11.0 Å². The predicted molar refractivity (Wildman–Crippen MR) is 84.8 cm³/mol. The quantitative estimate of drug-likeness (QED) is 0.859. The number of aromatic nitrogens is 1. The lowest BCUT2D eigenvalue weighted by Gasteiger charge is -2.22. The molecule has 0 spiro atoms. The van der Waals surface area contributed by atoms with Gasteiger partial charge in [0, 0.05) is 31.2 Å². The van der Waals surface area contributed by atoms with Gasteiger partial charge in [-0.25, -0.2) is 0 Å². The summed E-state index contributed by atoms with van der Waals surface area (Å²) in [4.78, 5) is 18.4. The highest BCUT2D eigenvalue weighted by atomic mass is 16.2. The van der Waals surface area contributed by atoms with Crippen molar-refractivity contribution in [3.05, 3.63) is 59.4 Å². The Morgan fingerprint density at radius 3 is 2.86 bits per heavy atom. The van der Waals surface area contributed by atoms with Crippen molar-refractivity contribution in [2.75, 3.05) is 12.3 Å². The van der Waals surface area contributed by atoms with E-state index in [1.807, 2.05) is 31.2 Å². The molecule has 0 saturated carbocycles. The van der Waals surface area contributed by atoms with Crippen molar-refractivity contribution in [3.8, 4) is 6.07 Å². The van der Waals surface area contributed by atoms with E-state index in [0.29, 0.717) is 24.3 Å². The molecule has 1 amide bonds. The number of pyridine rings is 1. The predicted octanol–water partition coefficient (Wildman–Crippen LogP) is 2.53. The molecular weight excluding hydrogens is 276 g/mol. The number of nitrogen functional groups attached to an aromatic ring is 1. The zero-order valence-electron chi connectivity index (χ0n) is 12.5. The number of nitriles is 1. The molecule has 2 aromatic rings. The molecule has 1 heterocycles. The number of aryl methyl sites for hydroxylation is 1. The van der Waals surface area contributed by atoms with Gasteiger partial charge in [0.1, 0.15) is 0 Å². The van der Waals surface area contributed by atoms with Crippen LogP contribution in [0.4, 0.5) is 5.69 Å². The number of benzene rings is 1. The molecule has 1 aromatic carbocycles. The van der Waals surface area contributed by atoms with Crippen LogP contribution in [0.5, 0.6) is 0 Å². The lowest BCUT2D eigenvalue weighted by molar-refractivity contribution is 0.0747. The number of nitrogens with zero attached hydrogens (tertiary/aromatic N) is 3. The van der Waals surface area contributed by atoms with Gasteiger partial charge >= 0.3 is 0 Å². The maximum absolute atomic E-state index is 12.7. The van der Waals surface area contributed by atoms with E-state index < -0.39 is 0 Å². The molecule has 5 nitrogen and oxygen atoms in total. The van der Waals surface area contributed by atoms with Crippen LogP contribution in [0, 0.1) is 18.3 Å². The molecule has 0 saturated heterocycles. The minimum Gasteiger partial charge on any atom is -0.398 e. The van der Waals surface area contributed by atoms with Gasteiger partial charge in [0.2, 0.25) is 0 Å². The van der Waals surface area contributed by atoms with Gasteiger partial charge in [-0.3, -0.25) is 9.78 Å². The Morgan fingerprint density at radius 1 is 1.36 bits per heavy atom. The molecule has 0 aliphatic heterocycles. The number of nitrogens with two attached hydrogens (primary N) is 1. The third kappa shape index (κ3) is 3.61. The number of anilines is 1. The number of rotatable bonds is 5. The van der Waals surface area contributed by atoms with Crippen LogP contribution < -0.4 is 5.73 Å². The van der Waals surface area contributed by atoms with Crippen molar-refractivity contribution in [2.45, 2.75) is 19.9 Å². The topological polar surface area (TPSA) is 83.0 Å². The Bertz CT molecular complexity index is 692. The van der Waals surface area contributed by atoms with Crippen LogP contribution in [0.25, 0.3) is 0 Å². The third-order valence-corrected chi connectivity index (χ3v) is 3.43. The maximum atomic E-state index is 12.7. The van der Waals surface area contributed by atoms with E-state index >= 15 is 0 Å². The Kier molecular flexibility index (Phi) is 5.10. The average Bonchev–Trinajstić information content (AvgIpc) is 2.54. The van der Waals surface area contributed by atoms with E-state index in [1.165, 1.54) is 0 Å². The van der Waals surface area contributed by atoms with Crippen molar-refractivity contribution in [1.82, 2.24) is 9.88 Å². The monoisotopic (exact) mass is 294 g/mol. The molecule has 0 radical (unpaired) electrons. The maximum Gasteiger partial charge on any atom is 0.256 e. The summed E-state index contributed by atoms with van der Waals surface area (Å²) in [6, 6.07) is 11.2. The highest BCUT2D eigenvalue weighted by Gasteiger charge is 2.19. The molecule has 0 atom stereocenters. The SMILES string of the molecule is Cc1cccc(C(=O)N(CCC#N)Cc2cccnc2)c1N. The summed E-state index contributed by atoms with van der Waals surface area (Å²) in [5.41, 5.74) is 8.76. The van der Waals surface area contributed by atoms with Gasteiger partial charge in [0.15, 0.2) is 0 Å². The summed E-state index contributed by atoms with van der Waals surface area (Å²) >= 11 is 0. The van der Waals surface area contributed by atoms with Crippen molar-refractivity contribution < 1.29 is 4.79 Å². The van der Waals surface area contributed by atoms with E-state index in [9.17, 15) is 4.79 Å². The Labute approximate surface area is 130 Å². The van der Waals surface area contributed by atoms with Gasteiger partial charge in [-0.2, -0.15) is 5.26 Å². The highest BCUT2D eigenvalue weighted by molar-refractivity contribution is 5.99. The van der Waals surface area contributed by atoms with Gasteiger partial charge in [0.25, 0.3) is 5.91 Å². The molecule has 0 aliphatic carbocycles. The van der Waals surface area contributed by atoms with Gasteiger partial charge in [-0.1, -0.05) is 18.2 Å². The molecule has 0 unspecified atom stereocenters. The first-order valence-electron chi connectivity index (χ1n) is 7.03. The second kappa shape index (κ2) is 7.23. The zero-order chi connectivity index (χ0) is 15.9. The summed E-state index contributed by atoms with van der Waals surface area (Å²) in [6.07, 6.45) is 3.67. The van der Waals surface area contributed by atoms with Crippen LogP contribution >= 0.6 is 0 Å². The van der Waals surface area contributed by atoms with Gasteiger partial charge in [-0.05, 0) is 30.2 Å². The molecule has 1 aromatic heterocycles. The number of carbonyl (C=O) groups excluding carboxylic acids is 1. The molecule has 5 heteroatoms. The van der Waals surface area contributed by atoms with Gasteiger partial charge in [-0.15, -0.1) is 0 Å². The molecule has 2 N–H and O–H groups in total. The van der Waals surface area contributed by atoms with Crippen LogP contribution in [-0.2, 0) is 6.54 Å². The zero-order valence-corrected chi connectivity index (χ0v) is 12.5. The Balaban J connectivity index is 2.26. The number of carbonyl (C=O) groups is 1. The smallest absolute Gasteiger partial charge is 0.256 e. The molecule has 22 heavy (non-hydrogen) atoms. The van der Waals surface area contributed by atoms with Crippen LogP contribution in [0.15, 0.2) is 42.7 Å². The fourth-order valence-corrected chi connectivity index (χ4v) is 2.19. The minimum absolute atomic E-state index is 0.166. The lowest BCUT2D eigenvalue weighted by Crippen LogP contribution is -2.32. The van der Waals surface area contributed by atoms with Crippen LogP contribution in [0.1, 0.15) is 27.9 Å². The second-order valence-electron chi connectivity index (χ2n) is 5.03. The van der Waals surface area contributed by atoms with Crippen molar-refractivity contribution in [2.24, 2.45) is 0 Å². The summed E-state index contributed by atoms with van der Waals surface area (Å²) in [5.74, 6) is -0.166. The van der Waals surface area contributed by atoms with Gasteiger partial charge in [0.05, 0.1) is 18.1 Å². The Morgan fingerprint density at radius 2 is 2.18 bits per heavy atom. The Hall–Kier alpha value is -2.87. The number of hydrogen-bond acceptors (Lipinski definition) is 4. The van der Waals surface area contributed by atoms with Crippen molar-refractivity contribution in [3.63, 3.8) is 0 Å². The molecule has 112 valence electrons. The van der Waals surface area contributed by atoms with Gasteiger partial charge < -0.3 is 10.6 Å². The number of hydrogen-bond donors (Lipinski definition) is 1. The van der Waals surface area contributed by atoms with E-state index in [-0.39, 0.29) is 12.3 Å². The summed E-state index contributed by atoms with van der Waals surface area (Å²) in [6.45, 7) is 2.63. The molecular formula is C17H18N4O.